The van der Waals surface area contributed by atoms with Crippen molar-refractivity contribution in [3.8, 4) is 0 Å². The lowest BCUT2D eigenvalue weighted by Crippen LogP contribution is -2.15. The summed E-state index contributed by atoms with van der Waals surface area (Å²) < 4.78 is 0. The van der Waals surface area contributed by atoms with Gasteiger partial charge < -0.3 is 5.11 Å². The van der Waals surface area contributed by atoms with E-state index >= 15 is 0 Å². The predicted molar refractivity (Wildman–Crippen MR) is 74.5 cm³/mol. The molecule has 1 N–H and O–H groups in total. The van der Waals surface area contributed by atoms with Crippen LogP contribution in [0.2, 0.25) is 19.6 Å². The molecule has 0 spiro atoms. The number of hydrogen-bond donors (Lipinski definition) is 1. The van der Waals surface area contributed by atoms with Gasteiger partial charge in [-0.3, -0.25) is 0 Å². The summed E-state index contributed by atoms with van der Waals surface area (Å²) in [6.07, 6.45) is 3.18. The van der Waals surface area contributed by atoms with Gasteiger partial charge in [0.15, 0.2) is 0 Å². The fraction of sp³-hybridized carbons (Fsp3) is 0.214. The molecular formula is C14H18O2Si. The van der Waals surface area contributed by atoms with E-state index in [0.29, 0.717) is 0 Å². The first-order valence-electron chi connectivity index (χ1n) is 5.58. The second kappa shape index (κ2) is 5.64. The van der Waals surface area contributed by atoms with E-state index in [-0.39, 0.29) is 0 Å². The van der Waals surface area contributed by atoms with E-state index in [1.165, 1.54) is 6.08 Å². The number of benzene rings is 1. The first kappa shape index (κ1) is 13.5. The normalized spacial score (nSPS) is 13.0. The average molecular weight is 246 g/mol. The average Bonchev–Trinajstić information content (AvgIpc) is 2.24. The second-order valence-electron chi connectivity index (χ2n) is 5.00. The zero-order valence-electron chi connectivity index (χ0n) is 10.5. The summed E-state index contributed by atoms with van der Waals surface area (Å²) in [5.74, 6) is -0.913. The van der Waals surface area contributed by atoms with Crippen molar-refractivity contribution < 1.29 is 9.90 Å². The lowest BCUT2D eigenvalue weighted by atomic mass is 10.1. The molecule has 1 rings (SSSR count). The van der Waals surface area contributed by atoms with E-state index in [1.54, 1.807) is 0 Å². The monoisotopic (exact) mass is 246 g/mol. The van der Waals surface area contributed by atoms with Gasteiger partial charge in [0, 0.05) is 6.08 Å². The number of carbonyl (C=O) groups is 1. The van der Waals surface area contributed by atoms with Crippen LogP contribution in [0.1, 0.15) is 5.56 Å². The topological polar surface area (TPSA) is 37.3 Å². The van der Waals surface area contributed by atoms with Crippen LogP contribution < -0.4 is 0 Å². The highest BCUT2D eigenvalue weighted by Crippen LogP contribution is 2.17. The molecule has 0 aliphatic carbocycles. The molecule has 0 saturated heterocycles. The van der Waals surface area contributed by atoms with Gasteiger partial charge in [0.05, 0.1) is 8.07 Å². The van der Waals surface area contributed by atoms with Crippen molar-refractivity contribution in [2.45, 2.75) is 19.6 Å². The molecule has 3 heteroatoms. The van der Waals surface area contributed by atoms with Crippen LogP contribution in [-0.4, -0.2) is 19.1 Å². The zero-order valence-corrected chi connectivity index (χ0v) is 11.5. The third-order valence-electron chi connectivity index (χ3n) is 2.15. The third-order valence-corrected chi connectivity index (χ3v) is 3.32. The smallest absolute Gasteiger partial charge is 0.328 e. The van der Waals surface area contributed by atoms with Crippen LogP contribution in [0.4, 0.5) is 0 Å². The molecule has 0 saturated carbocycles. The van der Waals surface area contributed by atoms with E-state index in [2.05, 4.69) is 25.3 Å². The van der Waals surface area contributed by atoms with E-state index in [1.807, 2.05) is 36.4 Å². The van der Waals surface area contributed by atoms with Crippen LogP contribution >= 0.6 is 0 Å². The van der Waals surface area contributed by atoms with Gasteiger partial charge in [-0.05, 0) is 11.1 Å². The minimum absolute atomic E-state index is 0.750. The van der Waals surface area contributed by atoms with E-state index in [4.69, 9.17) is 5.11 Å². The quantitative estimate of drug-likeness (QED) is 0.501. The molecular weight excluding hydrogens is 228 g/mol. The second-order valence-corrected chi connectivity index (χ2v) is 10.1. The minimum Gasteiger partial charge on any atom is -0.478 e. The van der Waals surface area contributed by atoms with Gasteiger partial charge in [-0.1, -0.05) is 61.7 Å². The number of allylic oxidation sites excluding steroid dienone is 2. The standard InChI is InChI=1S/C14H18O2Si/c1-17(2,3)10-9-13(11-14(15)16)12-7-5-4-6-8-12/h4-11H,1-3H3,(H,15,16)/b10-9+,13-11-. The molecule has 1 aromatic carbocycles. The lowest BCUT2D eigenvalue weighted by Gasteiger charge is -2.09. The number of carboxylic acid groups (broad SMARTS) is 1. The summed E-state index contributed by atoms with van der Waals surface area (Å²) in [4.78, 5) is 10.8. The number of hydrogen-bond acceptors (Lipinski definition) is 1. The Morgan fingerprint density at radius 3 is 2.24 bits per heavy atom. The minimum atomic E-state index is -1.32. The summed E-state index contributed by atoms with van der Waals surface area (Å²) in [6, 6.07) is 9.58. The fourth-order valence-electron chi connectivity index (χ4n) is 1.33. The van der Waals surface area contributed by atoms with Crippen molar-refractivity contribution in [2.75, 3.05) is 0 Å². The maximum atomic E-state index is 10.8. The first-order chi connectivity index (χ1) is 7.88. The molecule has 0 radical (unpaired) electrons. The SMILES string of the molecule is C[Si](C)(C)/C=C/C(=C/C(=O)O)c1ccccc1. The van der Waals surface area contributed by atoms with E-state index < -0.39 is 14.0 Å². The molecule has 1 aromatic rings. The highest BCUT2D eigenvalue weighted by molar-refractivity contribution is 6.81. The summed E-state index contributed by atoms with van der Waals surface area (Å²) in [5, 5.41) is 8.88. The molecule has 0 fully saturated rings. The molecule has 0 aliphatic heterocycles. The number of aliphatic carboxylic acids is 1. The molecule has 2 nitrogen and oxygen atoms in total. The van der Waals surface area contributed by atoms with E-state index in [0.717, 1.165) is 11.1 Å². The van der Waals surface area contributed by atoms with Crippen molar-refractivity contribution in [3.05, 3.63) is 53.7 Å². The van der Waals surface area contributed by atoms with Gasteiger partial charge in [0.1, 0.15) is 0 Å². The van der Waals surface area contributed by atoms with Crippen molar-refractivity contribution in [3.63, 3.8) is 0 Å². The summed E-state index contributed by atoms with van der Waals surface area (Å²) in [6.45, 7) is 6.65. The van der Waals surface area contributed by atoms with Crippen LogP contribution in [0.15, 0.2) is 48.2 Å². The Balaban J connectivity index is 3.07. The Hall–Kier alpha value is -1.61. The van der Waals surface area contributed by atoms with E-state index in [9.17, 15) is 4.79 Å². The first-order valence-corrected chi connectivity index (χ1v) is 9.15. The molecule has 90 valence electrons. The lowest BCUT2D eigenvalue weighted by molar-refractivity contribution is -0.131. The highest BCUT2D eigenvalue weighted by Gasteiger charge is 2.08. The maximum Gasteiger partial charge on any atom is 0.328 e. The maximum absolute atomic E-state index is 10.8. The largest absolute Gasteiger partial charge is 0.478 e. The van der Waals surface area contributed by atoms with Gasteiger partial charge in [0.2, 0.25) is 0 Å². The summed E-state index contributed by atoms with van der Waals surface area (Å²) >= 11 is 0. The van der Waals surface area contributed by atoms with Gasteiger partial charge in [-0.15, -0.1) is 0 Å². The van der Waals surface area contributed by atoms with Crippen LogP contribution in [0.5, 0.6) is 0 Å². The van der Waals surface area contributed by atoms with Crippen molar-refractivity contribution in [1.82, 2.24) is 0 Å². The third kappa shape index (κ3) is 5.31. The van der Waals surface area contributed by atoms with Crippen LogP contribution in [0, 0.1) is 0 Å². The Morgan fingerprint density at radius 2 is 1.76 bits per heavy atom. The van der Waals surface area contributed by atoms with Crippen LogP contribution in [0.3, 0.4) is 0 Å². The molecule has 0 unspecified atom stereocenters. The number of carboxylic acids is 1. The van der Waals surface area contributed by atoms with Gasteiger partial charge >= 0.3 is 5.97 Å². The van der Waals surface area contributed by atoms with Crippen molar-refractivity contribution in [1.29, 1.82) is 0 Å². The van der Waals surface area contributed by atoms with Crippen molar-refractivity contribution in [2.24, 2.45) is 0 Å². The molecule has 0 atom stereocenters. The highest BCUT2D eigenvalue weighted by atomic mass is 28.3. The Bertz CT molecular complexity index is 439. The van der Waals surface area contributed by atoms with Crippen molar-refractivity contribution >= 4 is 19.6 Å². The zero-order chi connectivity index (χ0) is 12.9. The molecule has 0 heterocycles. The fourth-order valence-corrected chi connectivity index (χ4v) is 2.01. The van der Waals surface area contributed by atoms with Gasteiger partial charge in [-0.2, -0.15) is 0 Å². The van der Waals surface area contributed by atoms with Crippen LogP contribution in [0.25, 0.3) is 5.57 Å². The summed E-state index contributed by atoms with van der Waals surface area (Å²) in [7, 11) is -1.32. The molecule has 17 heavy (non-hydrogen) atoms. The Morgan fingerprint density at radius 1 is 1.18 bits per heavy atom. The molecule has 0 bridgehead atoms. The number of rotatable bonds is 4. The summed E-state index contributed by atoms with van der Waals surface area (Å²) in [5.41, 5.74) is 3.83. The Labute approximate surface area is 103 Å². The van der Waals surface area contributed by atoms with Gasteiger partial charge in [0.25, 0.3) is 0 Å². The van der Waals surface area contributed by atoms with Crippen LogP contribution in [-0.2, 0) is 4.79 Å². The van der Waals surface area contributed by atoms with Gasteiger partial charge in [-0.25, -0.2) is 4.79 Å². The molecule has 0 amide bonds. The Kier molecular flexibility index (Phi) is 4.46. The molecule has 0 aromatic heterocycles. The predicted octanol–water partition coefficient (Wildman–Crippen LogP) is 3.59. The molecule has 0 aliphatic rings.